The van der Waals surface area contributed by atoms with Gasteiger partial charge in [-0.25, -0.2) is 4.98 Å². The lowest BCUT2D eigenvalue weighted by atomic mass is 9.96. The molecule has 0 aliphatic carbocycles. The summed E-state index contributed by atoms with van der Waals surface area (Å²) in [5, 5.41) is 5.86. The molecule has 30 heavy (non-hydrogen) atoms. The van der Waals surface area contributed by atoms with Gasteiger partial charge in [-0.3, -0.25) is 4.79 Å². The topological polar surface area (TPSA) is 72.5 Å². The Hall–Kier alpha value is -2.81. The summed E-state index contributed by atoms with van der Waals surface area (Å²) in [6.45, 7) is 4.68. The van der Waals surface area contributed by atoms with Crippen LogP contribution in [0.4, 0.5) is 24.5 Å². The molecule has 1 aliphatic heterocycles. The zero-order chi connectivity index (χ0) is 21.9. The zero-order valence-electron chi connectivity index (χ0n) is 17.0. The van der Waals surface area contributed by atoms with E-state index in [1.165, 1.54) is 13.2 Å². The van der Waals surface area contributed by atoms with Crippen LogP contribution < -0.4 is 15.4 Å². The molecule has 0 unspecified atom stereocenters. The lowest BCUT2D eigenvalue weighted by molar-refractivity contribution is -0.137. The highest BCUT2D eigenvalue weighted by Crippen LogP contribution is 2.33. The first-order valence-electron chi connectivity index (χ1n) is 9.57. The van der Waals surface area contributed by atoms with Crippen LogP contribution in [0.5, 0.6) is 5.88 Å². The first-order valence-corrected chi connectivity index (χ1v) is 9.57. The van der Waals surface area contributed by atoms with Crippen LogP contribution in [0.2, 0.25) is 0 Å². The second-order valence-electron chi connectivity index (χ2n) is 7.29. The quantitative estimate of drug-likeness (QED) is 0.741. The molecule has 1 aromatic carbocycles. The Bertz CT molecular complexity index is 918. The lowest BCUT2D eigenvalue weighted by Gasteiger charge is -2.31. The first kappa shape index (κ1) is 21.9. The molecular formula is C21H24F3N3O3. The molecule has 9 heteroatoms. The number of methoxy groups -OCH3 is 1. The number of aromatic nitrogens is 1. The van der Waals surface area contributed by atoms with E-state index in [9.17, 15) is 18.0 Å². The van der Waals surface area contributed by atoms with Gasteiger partial charge < -0.3 is 20.1 Å². The first-order chi connectivity index (χ1) is 14.2. The van der Waals surface area contributed by atoms with Crippen LogP contribution in [0.25, 0.3) is 0 Å². The molecule has 1 aliphatic rings. The van der Waals surface area contributed by atoms with Crippen LogP contribution in [0.1, 0.15) is 35.0 Å². The van der Waals surface area contributed by atoms with Crippen molar-refractivity contribution in [2.45, 2.75) is 32.5 Å². The fourth-order valence-corrected chi connectivity index (χ4v) is 3.31. The second-order valence-corrected chi connectivity index (χ2v) is 7.29. The van der Waals surface area contributed by atoms with Gasteiger partial charge in [0, 0.05) is 24.4 Å². The number of benzene rings is 1. The minimum Gasteiger partial charge on any atom is -0.481 e. The molecule has 0 bridgehead atoms. The number of nitrogens with zero attached hydrogens (tertiary/aromatic N) is 1. The number of hydrogen-bond acceptors (Lipinski definition) is 5. The highest BCUT2D eigenvalue weighted by molar-refractivity contribution is 6.08. The van der Waals surface area contributed by atoms with E-state index in [-0.39, 0.29) is 23.2 Å². The number of amides is 1. The van der Waals surface area contributed by atoms with E-state index in [0.29, 0.717) is 36.9 Å². The summed E-state index contributed by atoms with van der Waals surface area (Å²) < 4.78 is 50.2. The zero-order valence-corrected chi connectivity index (χ0v) is 17.0. The van der Waals surface area contributed by atoms with Gasteiger partial charge in [0.05, 0.1) is 36.2 Å². The molecule has 1 fully saturated rings. The minimum atomic E-state index is -4.51. The largest absolute Gasteiger partial charge is 0.481 e. The van der Waals surface area contributed by atoms with E-state index in [1.807, 2.05) is 6.92 Å². The molecule has 1 amide bonds. The maximum atomic E-state index is 13.3. The van der Waals surface area contributed by atoms with Crippen molar-refractivity contribution in [1.82, 2.24) is 4.98 Å². The van der Waals surface area contributed by atoms with Gasteiger partial charge in [-0.1, -0.05) is 6.92 Å². The second kappa shape index (κ2) is 8.91. The third kappa shape index (κ3) is 5.02. The molecule has 0 spiro atoms. The summed E-state index contributed by atoms with van der Waals surface area (Å²) >= 11 is 0. The van der Waals surface area contributed by atoms with Crippen molar-refractivity contribution in [3.63, 3.8) is 0 Å². The molecule has 3 rings (SSSR count). The molecular weight excluding hydrogens is 399 g/mol. The van der Waals surface area contributed by atoms with Gasteiger partial charge in [0.25, 0.3) is 5.91 Å². The van der Waals surface area contributed by atoms with E-state index < -0.39 is 17.6 Å². The molecule has 1 aromatic heterocycles. The third-order valence-electron chi connectivity index (χ3n) is 5.09. The fraction of sp³-hybridized carbons (Fsp3) is 0.429. The molecule has 162 valence electrons. The van der Waals surface area contributed by atoms with Crippen LogP contribution in [-0.4, -0.2) is 37.3 Å². The molecule has 2 aromatic rings. The number of hydrogen-bond donors (Lipinski definition) is 2. The highest BCUT2D eigenvalue weighted by Gasteiger charge is 2.32. The van der Waals surface area contributed by atoms with Crippen LogP contribution in [0.15, 0.2) is 30.3 Å². The van der Waals surface area contributed by atoms with Crippen molar-refractivity contribution in [1.29, 1.82) is 0 Å². The molecule has 0 saturated carbocycles. The van der Waals surface area contributed by atoms with Gasteiger partial charge in [0.1, 0.15) is 0 Å². The van der Waals surface area contributed by atoms with E-state index in [2.05, 4.69) is 15.6 Å². The molecule has 0 radical (unpaired) electrons. The summed E-state index contributed by atoms with van der Waals surface area (Å²) in [6, 6.07) is 6.22. The monoisotopic (exact) mass is 423 g/mol. The number of ether oxygens (including phenoxy) is 2. The van der Waals surface area contributed by atoms with Gasteiger partial charge in [0.15, 0.2) is 0 Å². The number of carbonyl (C=O) groups is 1. The summed E-state index contributed by atoms with van der Waals surface area (Å²) in [6.07, 6.45) is -3.87. The standard InChI is InChI=1S/C21H24F3N3O3/c1-12-11-30-9-8-16(12)26-18-10-14(21(22,23)24)4-5-15(18)20(28)27-17-6-7-19(29-3)25-13(17)2/h4-7,10,12,16,26H,8-9,11H2,1-3H3,(H,27,28)/t12-,16-/m0/s1. The van der Waals surface area contributed by atoms with Gasteiger partial charge in [-0.05, 0) is 43.5 Å². The van der Waals surface area contributed by atoms with Gasteiger partial charge >= 0.3 is 6.18 Å². The predicted octanol–water partition coefficient (Wildman–Crippen LogP) is 4.51. The van der Waals surface area contributed by atoms with Crippen molar-refractivity contribution in [2.24, 2.45) is 5.92 Å². The Morgan fingerprint density at radius 2 is 2.00 bits per heavy atom. The van der Waals surface area contributed by atoms with Crippen LogP contribution >= 0.6 is 0 Å². The average molecular weight is 423 g/mol. The number of carbonyl (C=O) groups excluding carboxylic acids is 1. The van der Waals surface area contributed by atoms with Gasteiger partial charge in [0.2, 0.25) is 5.88 Å². The smallest absolute Gasteiger partial charge is 0.416 e. The van der Waals surface area contributed by atoms with E-state index in [4.69, 9.17) is 9.47 Å². The Morgan fingerprint density at radius 1 is 1.23 bits per heavy atom. The average Bonchev–Trinajstić information content (AvgIpc) is 2.70. The van der Waals surface area contributed by atoms with Crippen molar-refractivity contribution < 1.29 is 27.4 Å². The van der Waals surface area contributed by atoms with Gasteiger partial charge in [-0.15, -0.1) is 0 Å². The summed E-state index contributed by atoms with van der Waals surface area (Å²) in [5.74, 6) is -0.0332. The Balaban J connectivity index is 1.91. The van der Waals surface area contributed by atoms with Crippen LogP contribution in [0, 0.1) is 12.8 Å². The maximum absolute atomic E-state index is 13.3. The highest BCUT2D eigenvalue weighted by atomic mass is 19.4. The predicted molar refractivity (Wildman–Crippen MR) is 107 cm³/mol. The number of rotatable bonds is 5. The normalized spacial score (nSPS) is 19.3. The Labute approximate surface area is 172 Å². The number of pyridine rings is 1. The Morgan fingerprint density at radius 3 is 2.63 bits per heavy atom. The molecule has 1 saturated heterocycles. The van der Waals surface area contributed by atoms with Crippen molar-refractivity contribution in [2.75, 3.05) is 31.0 Å². The maximum Gasteiger partial charge on any atom is 0.416 e. The molecule has 2 atom stereocenters. The minimum absolute atomic E-state index is 0.0947. The SMILES string of the molecule is COc1ccc(NC(=O)c2ccc(C(F)(F)F)cc2N[C@H]2CCOC[C@@H]2C)c(C)n1. The molecule has 6 nitrogen and oxygen atoms in total. The number of alkyl halides is 3. The number of halogens is 3. The van der Waals surface area contributed by atoms with Gasteiger partial charge in [-0.2, -0.15) is 13.2 Å². The number of nitrogens with one attached hydrogen (secondary N) is 2. The van der Waals surface area contributed by atoms with Crippen LogP contribution in [0.3, 0.4) is 0 Å². The summed E-state index contributed by atoms with van der Waals surface area (Å²) in [4.78, 5) is 17.1. The van der Waals surface area contributed by atoms with Crippen LogP contribution in [-0.2, 0) is 10.9 Å². The number of aryl methyl sites for hydroxylation is 1. The van der Waals surface area contributed by atoms with Crippen molar-refractivity contribution in [3.8, 4) is 5.88 Å². The third-order valence-corrected chi connectivity index (χ3v) is 5.09. The van der Waals surface area contributed by atoms with E-state index in [1.54, 1.807) is 19.1 Å². The van der Waals surface area contributed by atoms with E-state index >= 15 is 0 Å². The van der Waals surface area contributed by atoms with E-state index in [0.717, 1.165) is 12.1 Å². The summed E-state index contributed by atoms with van der Waals surface area (Å²) in [7, 11) is 1.48. The lowest BCUT2D eigenvalue weighted by Crippen LogP contribution is -2.36. The summed E-state index contributed by atoms with van der Waals surface area (Å²) in [5.41, 5.74) is 0.425. The fourth-order valence-electron chi connectivity index (χ4n) is 3.31. The van der Waals surface area contributed by atoms with Crippen molar-refractivity contribution in [3.05, 3.63) is 47.2 Å². The molecule has 2 heterocycles. The Kier molecular flexibility index (Phi) is 6.50. The number of anilines is 2. The van der Waals surface area contributed by atoms with Crippen molar-refractivity contribution >= 4 is 17.3 Å². The molecule has 2 N–H and O–H groups in total.